The molecule has 5 heteroatoms. The van der Waals surface area contributed by atoms with E-state index in [1.807, 2.05) is 36.4 Å². The maximum absolute atomic E-state index is 10.3. The van der Waals surface area contributed by atoms with Crippen molar-refractivity contribution in [3.05, 3.63) is 61.5 Å². The Morgan fingerprint density at radius 1 is 1.10 bits per heavy atom. The van der Waals surface area contributed by atoms with E-state index in [1.165, 1.54) is 0 Å². The zero-order chi connectivity index (χ0) is 14.3. The van der Waals surface area contributed by atoms with Gasteiger partial charge in [-0.1, -0.05) is 49.5 Å². The van der Waals surface area contributed by atoms with E-state index in [1.54, 1.807) is 0 Å². The first-order valence-electron chi connectivity index (χ1n) is 6.13. The van der Waals surface area contributed by atoms with Crippen LogP contribution in [0.1, 0.15) is 29.8 Å². The minimum Gasteiger partial charge on any atom is -0.485 e. The third-order valence-electron chi connectivity index (χ3n) is 3.35. The molecular weight excluding hydrogens is 407 g/mol. The van der Waals surface area contributed by atoms with Crippen LogP contribution in [0.3, 0.4) is 0 Å². The van der Waals surface area contributed by atoms with Crippen LogP contribution >= 0.6 is 43.5 Å². The molecule has 0 radical (unpaired) electrons. The second-order valence-corrected chi connectivity index (χ2v) is 6.91. The summed E-state index contributed by atoms with van der Waals surface area (Å²) >= 11 is 13.0. The van der Waals surface area contributed by atoms with E-state index >= 15 is 0 Å². The van der Waals surface area contributed by atoms with Crippen LogP contribution in [0, 0.1) is 0 Å². The summed E-state index contributed by atoms with van der Waals surface area (Å²) in [5.41, 5.74) is 1.77. The van der Waals surface area contributed by atoms with E-state index < -0.39 is 6.10 Å². The van der Waals surface area contributed by atoms with Crippen LogP contribution in [0.2, 0.25) is 5.02 Å². The number of rotatable bonds is 1. The second-order valence-electron chi connectivity index (χ2n) is 4.71. The van der Waals surface area contributed by atoms with E-state index in [0.29, 0.717) is 17.2 Å². The van der Waals surface area contributed by atoms with Gasteiger partial charge < -0.3 is 9.84 Å². The SMILES string of the molecule is O[C@H]1CC(c2cc(Cl)ccc2Br)Oc2cc(Br)ccc21. The predicted octanol–water partition coefficient (Wildman–Crippen LogP) is 5.42. The Labute approximate surface area is 139 Å². The smallest absolute Gasteiger partial charge is 0.128 e. The molecule has 3 rings (SSSR count). The molecule has 0 aromatic heterocycles. The van der Waals surface area contributed by atoms with Crippen LogP contribution in [0.5, 0.6) is 5.75 Å². The van der Waals surface area contributed by atoms with Gasteiger partial charge in [0.1, 0.15) is 11.9 Å². The molecule has 0 saturated carbocycles. The quantitative estimate of drug-likeness (QED) is 0.670. The summed E-state index contributed by atoms with van der Waals surface area (Å²) in [4.78, 5) is 0. The number of aliphatic hydroxyl groups is 1. The second kappa shape index (κ2) is 5.68. The van der Waals surface area contributed by atoms with Gasteiger partial charge >= 0.3 is 0 Å². The molecule has 2 nitrogen and oxygen atoms in total. The third-order valence-corrected chi connectivity index (χ3v) is 4.80. The largest absolute Gasteiger partial charge is 0.485 e. The molecule has 1 N–H and O–H groups in total. The van der Waals surface area contributed by atoms with E-state index in [2.05, 4.69) is 31.9 Å². The number of aliphatic hydroxyl groups excluding tert-OH is 1. The maximum atomic E-state index is 10.3. The van der Waals surface area contributed by atoms with Crippen molar-refractivity contribution in [3.8, 4) is 5.75 Å². The molecule has 2 aromatic rings. The minimum absolute atomic E-state index is 0.222. The molecule has 2 aromatic carbocycles. The molecule has 0 bridgehead atoms. The average Bonchev–Trinajstić information content (AvgIpc) is 2.41. The number of benzene rings is 2. The lowest BCUT2D eigenvalue weighted by atomic mass is 9.95. The number of hydrogen-bond acceptors (Lipinski definition) is 2. The highest BCUT2D eigenvalue weighted by molar-refractivity contribution is 9.10. The highest BCUT2D eigenvalue weighted by Crippen LogP contribution is 2.43. The molecule has 0 fully saturated rings. The van der Waals surface area contributed by atoms with E-state index in [-0.39, 0.29) is 6.10 Å². The monoisotopic (exact) mass is 416 g/mol. The van der Waals surface area contributed by atoms with Gasteiger partial charge in [0.15, 0.2) is 0 Å². The topological polar surface area (TPSA) is 29.5 Å². The van der Waals surface area contributed by atoms with Crippen molar-refractivity contribution in [2.75, 3.05) is 0 Å². The summed E-state index contributed by atoms with van der Waals surface area (Å²) in [6.07, 6.45) is -0.254. The summed E-state index contributed by atoms with van der Waals surface area (Å²) in [5.74, 6) is 0.704. The van der Waals surface area contributed by atoms with Crippen molar-refractivity contribution in [3.63, 3.8) is 0 Å². The van der Waals surface area contributed by atoms with Crippen molar-refractivity contribution >= 4 is 43.5 Å². The maximum Gasteiger partial charge on any atom is 0.128 e. The van der Waals surface area contributed by atoms with Crippen LogP contribution in [-0.2, 0) is 0 Å². The first-order valence-corrected chi connectivity index (χ1v) is 8.10. The molecule has 2 atom stereocenters. The molecule has 0 aliphatic carbocycles. The molecule has 104 valence electrons. The van der Waals surface area contributed by atoms with Gasteiger partial charge in [-0.15, -0.1) is 0 Å². The summed E-state index contributed by atoms with van der Waals surface area (Å²) in [7, 11) is 0. The van der Waals surface area contributed by atoms with Gasteiger partial charge in [0.25, 0.3) is 0 Å². The fraction of sp³-hybridized carbons (Fsp3) is 0.200. The Balaban J connectivity index is 2.00. The van der Waals surface area contributed by atoms with Gasteiger partial charge in [-0.05, 0) is 30.3 Å². The molecule has 0 spiro atoms. The Kier molecular flexibility index (Phi) is 4.09. The lowest BCUT2D eigenvalue weighted by Crippen LogP contribution is -2.19. The van der Waals surface area contributed by atoms with Crippen molar-refractivity contribution in [2.24, 2.45) is 0 Å². The Bertz CT molecular complexity index is 660. The van der Waals surface area contributed by atoms with Gasteiger partial charge in [-0.25, -0.2) is 0 Å². The van der Waals surface area contributed by atoms with E-state index in [4.69, 9.17) is 16.3 Å². The number of fused-ring (bicyclic) bond motifs is 1. The van der Waals surface area contributed by atoms with Gasteiger partial charge in [-0.3, -0.25) is 0 Å². The lowest BCUT2D eigenvalue weighted by Gasteiger charge is -2.30. The van der Waals surface area contributed by atoms with Crippen LogP contribution in [-0.4, -0.2) is 5.11 Å². The highest BCUT2D eigenvalue weighted by Gasteiger charge is 2.29. The Morgan fingerprint density at radius 3 is 2.70 bits per heavy atom. The van der Waals surface area contributed by atoms with E-state index in [0.717, 1.165) is 20.1 Å². The fourth-order valence-corrected chi connectivity index (χ4v) is 3.39. The zero-order valence-electron chi connectivity index (χ0n) is 10.3. The molecule has 1 aliphatic heterocycles. The van der Waals surface area contributed by atoms with E-state index in [9.17, 15) is 5.11 Å². The van der Waals surface area contributed by atoms with Crippen LogP contribution in [0.4, 0.5) is 0 Å². The number of ether oxygens (including phenoxy) is 1. The summed E-state index contributed by atoms with van der Waals surface area (Å²) in [6, 6.07) is 11.2. The van der Waals surface area contributed by atoms with Crippen molar-refractivity contribution in [2.45, 2.75) is 18.6 Å². The van der Waals surface area contributed by atoms with Gasteiger partial charge in [0.05, 0.1) is 6.10 Å². The van der Waals surface area contributed by atoms with Gasteiger partial charge in [0, 0.05) is 31.5 Å². The predicted molar refractivity (Wildman–Crippen MR) is 86.2 cm³/mol. The summed E-state index contributed by atoms with van der Waals surface area (Å²) < 4.78 is 7.88. The molecule has 0 saturated heterocycles. The number of halogens is 3. The van der Waals surface area contributed by atoms with Crippen molar-refractivity contribution in [1.82, 2.24) is 0 Å². The Morgan fingerprint density at radius 2 is 1.90 bits per heavy atom. The summed E-state index contributed by atoms with van der Waals surface area (Å²) in [6.45, 7) is 0. The third kappa shape index (κ3) is 2.75. The molecular formula is C15H11Br2ClO2. The Hall–Kier alpha value is -0.550. The fourth-order valence-electron chi connectivity index (χ4n) is 2.37. The molecule has 1 heterocycles. The first kappa shape index (κ1) is 14.4. The molecule has 0 amide bonds. The first-order chi connectivity index (χ1) is 9.54. The van der Waals surface area contributed by atoms with Crippen molar-refractivity contribution < 1.29 is 9.84 Å². The van der Waals surface area contributed by atoms with Crippen LogP contribution < -0.4 is 4.74 Å². The zero-order valence-corrected chi connectivity index (χ0v) is 14.2. The van der Waals surface area contributed by atoms with Crippen LogP contribution in [0.25, 0.3) is 0 Å². The molecule has 20 heavy (non-hydrogen) atoms. The molecule has 1 aliphatic rings. The van der Waals surface area contributed by atoms with Crippen LogP contribution in [0.15, 0.2) is 45.3 Å². The average molecular weight is 419 g/mol. The minimum atomic E-state index is -0.539. The molecule has 1 unspecified atom stereocenters. The summed E-state index contributed by atoms with van der Waals surface area (Å²) in [5, 5.41) is 11.0. The lowest BCUT2D eigenvalue weighted by molar-refractivity contribution is 0.0653. The highest BCUT2D eigenvalue weighted by atomic mass is 79.9. The standard InChI is InChI=1S/C15H11Br2ClO2/c16-8-1-3-10-13(19)7-15(20-14(10)5-8)11-6-9(18)2-4-12(11)17/h1-6,13,15,19H,7H2/t13-,15?/m0/s1. The normalized spacial score (nSPS) is 21.2. The number of hydrogen-bond donors (Lipinski definition) is 1. The van der Waals surface area contributed by atoms with Gasteiger partial charge in [0.2, 0.25) is 0 Å². The van der Waals surface area contributed by atoms with Gasteiger partial charge in [-0.2, -0.15) is 0 Å². The van der Waals surface area contributed by atoms with Crippen molar-refractivity contribution in [1.29, 1.82) is 0 Å².